The molecule has 1 N–H and O–H groups in total. The summed E-state index contributed by atoms with van der Waals surface area (Å²) in [6.07, 6.45) is 5.54. The van der Waals surface area contributed by atoms with Crippen LogP contribution in [0, 0.1) is 6.92 Å². The van der Waals surface area contributed by atoms with E-state index in [4.69, 9.17) is 0 Å². The summed E-state index contributed by atoms with van der Waals surface area (Å²) in [5.41, 5.74) is 0. The van der Waals surface area contributed by atoms with E-state index < -0.39 is 10.0 Å². The molecule has 90 valence electrons. The molecule has 0 radical (unpaired) electrons. The Morgan fingerprint density at radius 2 is 1.88 bits per heavy atom. The first-order valence-corrected chi connectivity index (χ1v) is 7.06. The zero-order chi connectivity index (χ0) is 11.6. The van der Waals surface area contributed by atoms with Crippen LogP contribution in [-0.2, 0) is 10.0 Å². The van der Waals surface area contributed by atoms with Crippen LogP contribution in [0.5, 0.6) is 0 Å². The van der Waals surface area contributed by atoms with Crippen LogP contribution in [0.4, 0.5) is 0 Å². The van der Waals surface area contributed by atoms with Gasteiger partial charge < -0.3 is 4.98 Å². The molecule has 1 aliphatic heterocycles. The van der Waals surface area contributed by atoms with E-state index in [1.807, 2.05) is 0 Å². The summed E-state index contributed by atoms with van der Waals surface area (Å²) in [7, 11) is -3.35. The fraction of sp³-hybridized carbons (Fsp3) is 0.700. The quantitative estimate of drug-likeness (QED) is 0.851. The van der Waals surface area contributed by atoms with Crippen molar-refractivity contribution in [2.75, 3.05) is 13.1 Å². The molecule has 1 aliphatic rings. The molecule has 1 aromatic rings. The second-order valence-electron chi connectivity index (χ2n) is 4.15. The fourth-order valence-corrected chi connectivity index (χ4v) is 3.43. The average Bonchev–Trinajstić information content (AvgIpc) is 2.54. The average molecular weight is 243 g/mol. The van der Waals surface area contributed by atoms with Crippen LogP contribution in [0.25, 0.3) is 0 Å². The summed E-state index contributed by atoms with van der Waals surface area (Å²) in [4.78, 5) is 6.73. The van der Waals surface area contributed by atoms with Gasteiger partial charge in [0.2, 0.25) is 0 Å². The minimum absolute atomic E-state index is 0.215. The zero-order valence-corrected chi connectivity index (χ0v) is 10.3. The number of aryl methyl sites for hydroxylation is 1. The first-order chi connectivity index (χ1) is 7.60. The van der Waals surface area contributed by atoms with Gasteiger partial charge in [0, 0.05) is 13.1 Å². The predicted octanol–water partition coefficient (Wildman–Crippen LogP) is 1.28. The van der Waals surface area contributed by atoms with Crippen LogP contribution in [0.2, 0.25) is 0 Å². The Kier molecular flexibility index (Phi) is 3.30. The number of imidazole rings is 1. The molecule has 6 heteroatoms. The lowest BCUT2D eigenvalue weighted by atomic mass is 10.2. The van der Waals surface area contributed by atoms with Crippen molar-refractivity contribution in [3.05, 3.63) is 12.0 Å². The lowest BCUT2D eigenvalue weighted by Gasteiger charge is -2.18. The highest BCUT2D eigenvalue weighted by atomic mass is 32.2. The normalized spacial score (nSPS) is 19.6. The number of nitrogens with one attached hydrogen (secondary N) is 1. The summed E-state index contributed by atoms with van der Waals surface area (Å²) in [6.45, 7) is 3.00. The second-order valence-corrected chi connectivity index (χ2v) is 6.06. The Hall–Kier alpha value is -0.880. The lowest BCUT2D eigenvalue weighted by Crippen LogP contribution is -2.32. The fourth-order valence-electron chi connectivity index (χ4n) is 1.95. The van der Waals surface area contributed by atoms with Crippen molar-refractivity contribution in [1.29, 1.82) is 0 Å². The number of sulfonamides is 1. The molecule has 5 nitrogen and oxygen atoms in total. The van der Waals surface area contributed by atoms with Gasteiger partial charge in [-0.3, -0.25) is 0 Å². The first kappa shape index (κ1) is 11.6. The van der Waals surface area contributed by atoms with E-state index in [0.717, 1.165) is 25.7 Å². The highest BCUT2D eigenvalue weighted by Crippen LogP contribution is 2.18. The maximum absolute atomic E-state index is 12.2. The van der Waals surface area contributed by atoms with Gasteiger partial charge >= 0.3 is 0 Å². The van der Waals surface area contributed by atoms with E-state index in [2.05, 4.69) is 9.97 Å². The van der Waals surface area contributed by atoms with Crippen LogP contribution in [0.15, 0.2) is 11.2 Å². The van der Waals surface area contributed by atoms with Gasteiger partial charge in [0.1, 0.15) is 5.82 Å². The minimum atomic E-state index is -3.35. The predicted molar refractivity (Wildman–Crippen MR) is 60.6 cm³/mol. The largest absolute Gasteiger partial charge is 0.332 e. The van der Waals surface area contributed by atoms with Gasteiger partial charge in [-0.2, -0.15) is 4.31 Å². The SMILES string of the molecule is Cc1ncc(S(=O)(=O)N2CCCCCC2)[nH]1. The van der Waals surface area contributed by atoms with Crippen molar-refractivity contribution in [2.24, 2.45) is 0 Å². The molecular formula is C10H17N3O2S. The zero-order valence-electron chi connectivity index (χ0n) is 9.44. The first-order valence-electron chi connectivity index (χ1n) is 5.62. The number of aromatic nitrogens is 2. The summed E-state index contributed by atoms with van der Waals surface area (Å²) >= 11 is 0. The third kappa shape index (κ3) is 2.27. The molecule has 0 amide bonds. The molecule has 0 bridgehead atoms. The van der Waals surface area contributed by atoms with Crippen LogP contribution in [0.3, 0.4) is 0 Å². The third-order valence-corrected chi connectivity index (χ3v) is 4.67. The van der Waals surface area contributed by atoms with E-state index in [1.54, 1.807) is 11.2 Å². The standard InChI is InChI=1S/C10H17N3O2S/c1-9-11-8-10(12-9)16(14,15)13-6-4-2-3-5-7-13/h8H,2-7H2,1H3,(H,11,12). The van der Waals surface area contributed by atoms with Crippen molar-refractivity contribution in [3.8, 4) is 0 Å². The van der Waals surface area contributed by atoms with Crippen LogP contribution in [-0.4, -0.2) is 35.8 Å². The van der Waals surface area contributed by atoms with Crippen molar-refractivity contribution in [2.45, 2.75) is 37.6 Å². The molecule has 1 fully saturated rings. The summed E-state index contributed by atoms with van der Waals surface area (Å²) in [5.74, 6) is 0.633. The van der Waals surface area contributed by atoms with Gasteiger partial charge in [0.25, 0.3) is 10.0 Å². The Labute approximate surface area is 95.9 Å². The summed E-state index contributed by atoms with van der Waals surface area (Å²) in [5, 5.41) is 0.215. The van der Waals surface area contributed by atoms with Gasteiger partial charge in [-0.1, -0.05) is 12.8 Å². The topological polar surface area (TPSA) is 66.1 Å². The van der Waals surface area contributed by atoms with Gasteiger partial charge in [-0.25, -0.2) is 13.4 Å². The highest BCUT2D eigenvalue weighted by Gasteiger charge is 2.26. The molecule has 0 atom stereocenters. The summed E-state index contributed by atoms with van der Waals surface area (Å²) < 4.78 is 26.0. The van der Waals surface area contributed by atoms with E-state index in [-0.39, 0.29) is 5.03 Å². The Morgan fingerprint density at radius 1 is 1.25 bits per heavy atom. The maximum atomic E-state index is 12.2. The van der Waals surface area contributed by atoms with Gasteiger partial charge in [-0.15, -0.1) is 0 Å². The molecule has 0 spiro atoms. The smallest absolute Gasteiger partial charge is 0.260 e. The minimum Gasteiger partial charge on any atom is -0.332 e. The lowest BCUT2D eigenvalue weighted by molar-refractivity contribution is 0.422. The molecule has 0 aromatic carbocycles. The molecule has 2 rings (SSSR count). The second kappa shape index (κ2) is 4.55. The van der Waals surface area contributed by atoms with Crippen LogP contribution >= 0.6 is 0 Å². The number of hydrogen-bond acceptors (Lipinski definition) is 3. The van der Waals surface area contributed by atoms with Crippen molar-refractivity contribution in [3.63, 3.8) is 0 Å². The molecular weight excluding hydrogens is 226 g/mol. The van der Waals surface area contributed by atoms with Gasteiger partial charge in [0.15, 0.2) is 5.03 Å². The van der Waals surface area contributed by atoms with Crippen LogP contribution in [0.1, 0.15) is 31.5 Å². The number of rotatable bonds is 2. The van der Waals surface area contributed by atoms with Crippen molar-refractivity contribution >= 4 is 10.0 Å². The molecule has 1 saturated heterocycles. The molecule has 0 aliphatic carbocycles. The van der Waals surface area contributed by atoms with E-state index >= 15 is 0 Å². The molecule has 2 heterocycles. The van der Waals surface area contributed by atoms with Crippen molar-refractivity contribution in [1.82, 2.24) is 14.3 Å². The van der Waals surface area contributed by atoms with Gasteiger partial charge in [-0.05, 0) is 19.8 Å². The number of nitrogens with zero attached hydrogens (tertiary/aromatic N) is 2. The third-order valence-electron chi connectivity index (χ3n) is 2.86. The van der Waals surface area contributed by atoms with E-state index in [0.29, 0.717) is 18.9 Å². The maximum Gasteiger partial charge on any atom is 0.260 e. The van der Waals surface area contributed by atoms with Crippen LogP contribution < -0.4 is 0 Å². The van der Waals surface area contributed by atoms with Gasteiger partial charge in [0.05, 0.1) is 6.20 Å². The Morgan fingerprint density at radius 3 is 2.38 bits per heavy atom. The summed E-state index contributed by atoms with van der Waals surface area (Å²) in [6, 6.07) is 0. The molecule has 0 saturated carbocycles. The van der Waals surface area contributed by atoms with E-state index in [9.17, 15) is 8.42 Å². The van der Waals surface area contributed by atoms with E-state index in [1.165, 1.54) is 6.20 Å². The highest BCUT2D eigenvalue weighted by molar-refractivity contribution is 7.89. The van der Waals surface area contributed by atoms with Crippen molar-refractivity contribution < 1.29 is 8.42 Å². The number of H-pyrrole nitrogens is 1. The molecule has 1 aromatic heterocycles. The molecule has 16 heavy (non-hydrogen) atoms. The number of hydrogen-bond donors (Lipinski definition) is 1. The number of aromatic amines is 1. The Balaban J connectivity index is 2.23. The molecule has 0 unspecified atom stereocenters. The Bertz CT molecular complexity index is 444. The monoisotopic (exact) mass is 243 g/mol.